The third-order valence-corrected chi connectivity index (χ3v) is 8.79. The van der Waals surface area contributed by atoms with Crippen LogP contribution in [0.15, 0.2) is 30.3 Å². The number of nitrogens with one attached hydrogen (secondary N) is 2. The van der Waals surface area contributed by atoms with Crippen molar-refractivity contribution in [2.24, 2.45) is 11.8 Å². The molecule has 0 amide bonds. The van der Waals surface area contributed by atoms with Crippen LogP contribution in [0, 0.1) is 17.7 Å². The van der Waals surface area contributed by atoms with Crippen LogP contribution in [0.1, 0.15) is 64.4 Å². The number of ether oxygens (including phenoxy) is 1. The van der Waals surface area contributed by atoms with Crippen LogP contribution >= 0.6 is 12.2 Å². The maximum absolute atomic E-state index is 13.6. The van der Waals surface area contributed by atoms with Gasteiger partial charge < -0.3 is 25.2 Å². The molecule has 0 radical (unpaired) electrons. The number of piperidine rings is 1. The van der Waals surface area contributed by atoms with Crippen molar-refractivity contribution in [1.29, 1.82) is 0 Å². The number of hydrogen-bond donors (Lipinski definition) is 2. The van der Waals surface area contributed by atoms with Gasteiger partial charge >= 0.3 is 0 Å². The summed E-state index contributed by atoms with van der Waals surface area (Å²) < 4.78 is 19.3. The molecule has 0 unspecified atom stereocenters. The predicted molar refractivity (Wildman–Crippen MR) is 160 cm³/mol. The van der Waals surface area contributed by atoms with Crippen molar-refractivity contribution in [3.8, 4) is 0 Å². The second kappa shape index (κ2) is 12.8. The normalized spacial score (nSPS) is 23.7. The smallest absolute Gasteiger partial charge is 0.232 e. The van der Waals surface area contributed by atoms with Crippen LogP contribution in [0.3, 0.4) is 0 Å². The van der Waals surface area contributed by atoms with E-state index >= 15 is 0 Å². The molecular formula is C30H43FN6OS. The maximum Gasteiger partial charge on any atom is 0.232 e. The number of hydrogen-bond acceptors (Lipinski definition) is 6. The van der Waals surface area contributed by atoms with Gasteiger partial charge in [-0.05, 0) is 73.9 Å². The lowest BCUT2D eigenvalue weighted by Crippen LogP contribution is -2.45. The fourth-order valence-corrected chi connectivity index (χ4v) is 6.64. The molecule has 212 valence electrons. The molecule has 3 fully saturated rings. The fourth-order valence-electron chi connectivity index (χ4n) is 6.48. The summed E-state index contributed by atoms with van der Waals surface area (Å²) in [6.45, 7) is 10.7. The molecule has 7 nitrogen and oxygen atoms in total. The van der Waals surface area contributed by atoms with E-state index in [1.807, 2.05) is 12.1 Å². The molecule has 0 spiro atoms. The molecule has 2 atom stereocenters. The highest BCUT2D eigenvalue weighted by atomic mass is 32.1. The molecule has 1 aromatic heterocycles. The first-order chi connectivity index (χ1) is 18.9. The van der Waals surface area contributed by atoms with Crippen LogP contribution in [-0.4, -0.2) is 61.0 Å². The van der Waals surface area contributed by atoms with Crippen molar-refractivity contribution >= 4 is 34.9 Å². The molecule has 3 aliphatic rings. The molecule has 3 saturated heterocycles. The Balaban J connectivity index is 1.34. The van der Waals surface area contributed by atoms with Crippen LogP contribution in [0.4, 0.5) is 22.0 Å². The Bertz CT molecular complexity index is 1090. The van der Waals surface area contributed by atoms with Gasteiger partial charge in [0.1, 0.15) is 17.5 Å². The van der Waals surface area contributed by atoms with Crippen molar-refractivity contribution in [3.63, 3.8) is 0 Å². The topological polar surface area (TPSA) is 65.5 Å². The van der Waals surface area contributed by atoms with Crippen molar-refractivity contribution in [1.82, 2.24) is 15.3 Å². The molecule has 4 heterocycles. The van der Waals surface area contributed by atoms with E-state index in [1.165, 1.54) is 44.2 Å². The van der Waals surface area contributed by atoms with Gasteiger partial charge in [-0.1, -0.05) is 38.8 Å². The minimum absolute atomic E-state index is 0.169. The standard InChI is InChI=1S/C30H43FN6OS/c1-22-17-23(2)20-37(19-22)27-18-26(36-13-5-3-4-6-14-36)33-28(34-27)35-29(39)32-21-30(11-15-38-16-12-30)24-7-9-25(31)10-8-24/h7-10,18,22-23H,3-6,11-17,19-21H2,1-2H3,(H2,32,33,34,35,39)/t22-,23-/m1/s1. The third-order valence-electron chi connectivity index (χ3n) is 8.54. The zero-order valence-electron chi connectivity index (χ0n) is 23.4. The van der Waals surface area contributed by atoms with Crippen LogP contribution in [0.2, 0.25) is 0 Å². The molecule has 3 aliphatic heterocycles. The van der Waals surface area contributed by atoms with Gasteiger partial charge in [0.25, 0.3) is 0 Å². The average molecular weight is 555 g/mol. The lowest BCUT2D eigenvalue weighted by molar-refractivity contribution is 0.0515. The maximum atomic E-state index is 13.6. The summed E-state index contributed by atoms with van der Waals surface area (Å²) in [7, 11) is 0. The number of anilines is 3. The molecular weight excluding hydrogens is 511 g/mol. The monoisotopic (exact) mass is 554 g/mol. The van der Waals surface area contributed by atoms with Gasteiger partial charge in [-0.3, -0.25) is 0 Å². The van der Waals surface area contributed by atoms with E-state index < -0.39 is 0 Å². The van der Waals surface area contributed by atoms with Crippen molar-refractivity contribution in [2.45, 2.75) is 64.2 Å². The van der Waals surface area contributed by atoms with Crippen LogP contribution < -0.4 is 20.4 Å². The van der Waals surface area contributed by atoms with Crippen molar-refractivity contribution < 1.29 is 9.13 Å². The van der Waals surface area contributed by atoms with E-state index in [0.717, 1.165) is 56.2 Å². The van der Waals surface area contributed by atoms with Gasteiger partial charge in [0.2, 0.25) is 5.95 Å². The first-order valence-corrected chi connectivity index (χ1v) is 15.1. The molecule has 0 bridgehead atoms. The van der Waals surface area contributed by atoms with Gasteiger partial charge in [0.05, 0.1) is 0 Å². The number of halogens is 1. The summed E-state index contributed by atoms with van der Waals surface area (Å²) in [4.78, 5) is 14.7. The third kappa shape index (κ3) is 7.17. The largest absolute Gasteiger partial charge is 0.381 e. The predicted octanol–water partition coefficient (Wildman–Crippen LogP) is 5.51. The zero-order valence-corrected chi connectivity index (χ0v) is 24.2. The summed E-state index contributed by atoms with van der Waals surface area (Å²) in [6.07, 6.45) is 7.88. The SMILES string of the molecule is C[C@@H]1C[C@@H](C)CN(c2cc(N3CCCCCC3)nc(NC(=S)NCC3(c4ccc(F)cc4)CCOCC3)n2)C1. The van der Waals surface area contributed by atoms with Crippen LogP contribution in [0.5, 0.6) is 0 Å². The minimum Gasteiger partial charge on any atom is -0.381 e. The summed E-state index contributed by atoms with van der Waals surface area (Å²) in [5, 5.41) is 7.25. The number of aromatic nitrogens is 2. The number of nitrogens with zero attached hydrogens (tertiary/aromatic N) is 4. The first kappa shape index (κ1) is 28.0. The van der Waals surface area contributed by atoms with E-state index in [9.17, 15) is 4.39 Å². The van der Waals surface area contributed by atoms with Crippen molar-refractivity contribution in [2.75, 3.05) is 61.1 Å². The van der Waals surface area contributed by atoms with Crippen molar-refractivity contribution in [3.05, 3.63) is 41.7 Å². The second-order valence-corrected chi connectivity index (χ2v) is 12.3. The highest BCUT2D eigenvalue weighted by Gasteiger charge is 2.35. The average Bonchev–Trinajstić information content (AvgIpc) is 3.22. The molecule has 9 heteroatoms. The Morgan fingerprint density at radius 3 is 2.23 bits per heavy atom. The number of thiocarbonyl (C=S) groups is 1. The minimum atomic E-state index is -0.221. The van der Waals surface area contributed by atoms with E-state index in [2.05, 4.69) is 40.3 Å². The second-order valence-electron chi connectivity index (χ2n) is 11.9. The van der Waals surface area contributed by atoms with E-state index in [4.69, 9.17) is 26.9 Å². The number of rotatable bonds is 6. The molecule has 5 rings (SSSR count). The fraction of sp³-hybridized carbons (Fsp3) is 0.633. The zero-order chi connectivity index (χ0) is 27.2. The van der Waals surface area contributed by atoms with Gasteiger partial charge in [-0.25, -0.2) is 4.39 Å². The van der Waals surface area contributed by atoms with Gasteiger partial charge in [0.15, 0.2) is 5.11 Å². The Labute approximate surface area is 237 Å². The summed E-state index contributed by atoms with van der Waals surface area (Å²) in [6, 6.07) is 9.02. The lowest BCUT2D eigenvalue weighted by Gasteiger charge is -2.38. The Kier molecular flexibility index (Phi) is 9.17. The molecule has 39 heavy (non-hydrogen) atoms. The Morgan fingerprint density at radius 2 is 1.59 bits per heavy atom. The highest BCUT2D eigenvalue weighted by Crippen LogP contribution is 2.34. The van der Waals surface area contributed by atoms with Gasteiger partial charge in [-0.2, -0.15) is 9.97 Å². The van der Waals surface area contributed by atoms with Gasteiger partial charge in [0, 0.05) is 57.4 Å². The van der Waals surface area contributed by atoms with Crippen LogP contribution in [-0.2, 0) is 10.2 Å². The Hall–Kier alpha value is -2.52. The molecule has 0 saturated carbocycles. The molecule has 1 aromatic carbocycles. The first-order valence-electron chi connectivity index (χ1n) is 14.7. The molecule has 2 aromatic rings. The molecule has 0 aliphatic carbocycles. The highest BCUT2D eigenvalue weighted by molar-refractivity contribution is 7.80. The molecule has 2 N–H and O–H groups in total. The summed E-state index contributed by atoms with van der Waals surface area (Å²) in [5.41, 5.74) is 0.940. The Morgan fingerprint density at radius 1 is 0.974 bits per heavy atom. The lowest BCUT2D eigenvalue weighted by atomic mass is 9.74. The summed E-state index contributed by atoms with van der Waals surface area (Å²) in [5.74, 6) is 3.53. The quantitative estimate of drug-likeness (QED) is 0.453. The van der Waals surface area contributed by atoms with Crippen LogP contribution in [0.25, 0.3) is 0 Å². The number of benzene rings is 1. The van der Waals surface area contributed by atoms with E-state index in [-0.39, 0.29) is 11.2 Å². The van der Waals surface area contributed by atoms with E-state index in [1.54, 1.807) is 0 Å². The van der Waals surface area contributed by atoms with Gasteiger partial charge in [-0.15, -0.1) is 0 Å². The van der Waals surface area contributed by atoms with E-state index in [0.29, 0.717) is 42.7 Å². The summed E-state index contributed by atoms with van der Waals surface area (Å²) >= 11 is 5.76.